The van der Waals surface area contributed by atoms with Gasteiger partial charge in [0.25, 0.3) is 0 Å². The van der Waals surface area contributed by atoms with Crippen LogP contribution < -0.4 is 0 Å². The molecule has 0 saturated carbocycles. The Hall–Kier alpha value is -0.690. The van der Waals surface area contributed by atoms with Gasteiger partial charge in [-0.25, -0.2) is 0 Å². The van der Waals surface area contributed by atoms with E-state index in [0.717, 1.165) is 0 Å². The smallest absolute Gasteiger partial charge is 0.302 e. The number of carbonyl (C=O) groups is 1. The Kier molecular flexibility index (Phi) is 4.04. The van der Waals surface area contributed by atoms with E-state index in [-0.39, 0.29) is 6.61 Å². The van der Waals surface area contributed by atoms with Crippen LogP contribution in [-0.4, -0.2) is 52.5 Å². The molecule has 0 aliphatic carbocycles. The molecule has 0 aromatic rings. The molecule has 5 atom stereocenters. The molecule has 1 aliphatic rings. The third-order valence-electron chi connectivity index (χ3n) is 2.48. The van der Waals surface area contributed by atoms with Crippen LogP contribution in [0.1, 0.15) is 13.8 Å². The van der Waals surface area contributed by atoms with Gasteiger partial charge in [-0.15, -0.1) is 0 Å². The summed E-state index contributed by atoms with van der Waals surface area (Å²) in [7, 11) is 0. The number of hydrogen-bond donors (Lipinski definition) is 3. The van der Waals surface area contributed by atoms with Gasteiger partial charge in [0, 0.05) is 12.8 Å². The Morgan fingerprint density at radius 1 is 1.33 bits per heavy atom. The number of rotatable bonds is 2. The van der Waals surface area contributed by atoms with Crippen molar-refractivity contribution < 1.29 is 29.6 Å². The molecule has 1 aliphatic heterocycles. The number of esters is 1. The molecule has 2 unspecified atom stereocenters. The molecule has 0 aromatic heterocycles. The number of carbonyl (C=O) groups excluding carboxylic acids is 1. The van der Waals surface area contributed by atoms with Crippen LogP contribution in [0.2, 0.25) is 0 Å². The van der Waals surface area contributed by atoms with Gasteiger partial charge in [-0.1, -0.05) is 6.92 Å². The summed E-state index contributed by atoms with van der Waals surface area (Å²) in [6.45, 7) is 2.60. The van der Waals surface area contributed by atoms with E-state index >= 15 is 0 Å². The van der Waals surface area contributed by atoms with Crippen LogP contribution in [-0.2, 0) is 14.3 Å². The lowest BCUT2D eigenvalue weighted by Crippen LogP contribution is -2.55. The summed E-state index contributed by atoms with van der Waals surface area (Å²) in [5, 5.41) is 28.5. The number of aliphatic hydroxyl groups excluding tert-OH is 3. The van der Waals surface area contributed by atoms with Crippen LogP contribution in [0.25, 0.3) is 0 Å². The van der Waals surface area contributed by atoms with Crippen molar-refractivity contribution in [3.8, 4) is 0 Å². The summed E-state index contributed by atoms with van der Waals surface area (Å²) in [6, 6.07) is 0. The summed E-state index contributed by atoms with van der Waals surface area (Å²) in [4.78, 5) is 10.5. The lowest BCUT2D eigenvalue weighted by atomic mass is 9.93. The lowest BCUT2D eigenvalue weighted by molar-refractivity contribution is -0.267. The van der Waals surface area contributed by atoms with Crippen molar-refractivity contribution in [2.75, 3.05) is 6.61 Å². The van der Waals surface area contributed by atoms with E-state index in [1.165, 1.54) is 6.92 Å². The summed E-state index contributed by atoms with van der Waals surface area (Å²) in [5.74, 6) is -1.08. The van der Waals surface area contributed by atoms with Gasteiger partial charge in [-0.2, -0.15) is 0 Å². The molecule has 88 valence electrons. The maximum Gasteiger partial charge on any atom is 0.302 e. The van der Waals surface area contributed by atoms with Gasteiger partial charge in [-0.3, -0.25) is 4.79 Å². The second-order valence-corrected chi connectivity index (χ2v) is 3.71. The zero-order valence-corrected chi connectivity index (χ0v) is 8.66. The SMILES string of the molecule is CC(=O)OCC1O[C@@H](O)[C@@H](C)C(O)[C@H]1O. The maximum absolute atomic E-state index is 10.5. The predicted molar refractivity (Wildman–Crippen MR) is 48.7 cm³/mol. The molecule has 0 aromatic carbocycles. The third-order valence-corrected chi connectivity index (χ3v) is 2.48. The molecule has 1 heterocycles. The predicted octanol–water partition coefficient (Wildman–Crippen LogP) is -1.38. The van der Waals surface area contributed by atoms with Crippen molar-refractivity contribution in [1.29, 1.82) is 0 Å². The molecule has 0 radical (unpaired) electrons. The Labute approximate surface area is 87.4 Å². The molecule has 0 amide bonds. The second kappa shape index (κ2) is 4.89. The van der Waals surface area contributed by atoms with E-state index in [1.54, 1.807) is 6.92 Å². The van der Waals surface area contributed by atoms with E-state index < -0.39 is 36.5 Å². The van der Waals surface area contributed by atoms with E-state index in [1.807, 2.05) is 0 Å². The van der Waals surface area contributed by atoms with Gasteiger partial charge in [0.1, 0.15) is 18.8 Å². The first-order chi connectivity index (χ1) is 6.93. The van der Waals surface area contributed by atoms with Gasteiger partial charge < -0.3 is 24.8 Å². The zero-order valence-electron chi connectivity index (χ0n) is 8.66. The molecule has 6 heteroatoms. The first kappa shape index (κ1) is 12.4. The molecular weight excluding hydrogens is 204 g/mol. The Morgan fingerprint density at radius 3 is 2.47 bits per heavy atom. The Morgan fingerprint density at radius 2 is 1.93 bits per heavy atom. The Bertz CT molecular complexity index is 231. The van der Waals surface area contributed by atoms with Crippen LogP contribution in [0.5, 0.6) is 0 Å². The van der Waals surface area contributed by atoms with Crippen molar-refractivity contribution in [2.45, 2.75) is 38.4 Å². The fourth-order valence-corrected chi connectivity index (χ4v) is 1.42. The fourth-order valence-electron chi connectivity index (χ4n) is 1.42. The quantitative estimate of drug-likeness (QED) is 0.497. The molecule has 3 N–H and O–H groups in total. The second-order valence-electron chi connectivity index (χ2n) is 3.71. The standard InChI is InChI=1S/C9H16O6/c1-4-7(11)8(12)6(15-9(4)13)3-14-5(2)10/h4,6-9,11-13H,3H2,1-2H3/t4-,6?,7?,8-,9+/m0/s1. The largest absolute Gasteiger partial charge is 0.463 e. The summed E-state index contributed by atoms with van der Waals surface area (Å²) >= 11 is 0. The van der Waals surface area contributed by atoms with Crippen molar-refractivity contribution in [3.63, 3.8) is 0 Å². The highest BCUT2D eigenvalue weighted by Crippen LogP contribution is 2.24. The van der Waals surface area contributed by atoms with Crippen LogP contribution in [0, 0.1) is 5.92 Å². The molecule has 1 rings (SSSR count). The Balaban J connectivity index is 2.54. The van der Waals surface area contributed by atoms with Gasteiger partial charge in [0.05, 0.1) is 6.10 Å². The van der Waals surface area contributed by atoms with Gasteiger partial charge >= 0.3 is 5.97 Å². The topological polar surface area (TPSA) is 96.2 Å². The maximum atomic E-state index is 10.5. The summed E-state index contributed by atoms with van der Waals surface area (Å²) in [5.41, 5.74) is 0. The van der Waals surface area contributed by atoms with Crippen molar-refractivity contribution in [2.24, 2.45) is 5.92 Å². The van der Waals surface area contributed by atoms with Crippen molar-refractivity contribution in [1.82, 2.24) is 0 Å². The number of aliphatic hydroxyl groups is 3. The zero-order chi connectivity index (χ0) is 11.6. The molecule has 1 saturated heterocycles. The lowest BCUT2D eigenvalue weighted by Gasteiger charge is -2.38. The van der Waals surface area contributed by atoms with Crippen LogP contribution >= 0.6 is 0 Å². The molecule has 0 spiro atoms. The monoisotopic (exact) mass is 220 g/mol. The molecule has 6 nitrogen and oxygen atoms in total. The molecule has 0 bridgehead atoms. The van der Waals surface area contributed by atoms with Gasteiger partial charge in [0.15, 0.2) is 6.29 Å². The highest BCUT2D eigenvalue weighted by molar-refractivity contribution is 5.65. The van der Waals surface area contributed by atoms with Gasteiger partial charge in [0.2, 0.25) is 0 Å². The van der Waals surface area contributed by atoms with E-state index in [4.69, 9.17) is 4.74 Å². The van der Waals surface area contributed by atoms with Crippen molar-refractivity contribution >= 4 is 5.97 Å². The molecule has 15 heavy (non-hydrogen) atoms. The van der Waals surface area contributed by atoms with E-state index in [2.05, 4.69) is 4.74 Å². The van der Waals surface area contributed by atoms with Crippen LogP contribution in [0.3, 0.4) is 0 Å². The van der Waals surface area contributed by atoms with Gasteiger partial charge in [-0.05, 0) is 0 Å². The fraction of sp³-hybridized carbons (Fsp3) is 0.889. The first-order valence-corrected chi connectivity index (χ1v) is 4.76. The highest BCUT2D eigenvalue weighted by Gasteiger charge is 2.41. The summed E-state index contributed by atoms with van der Waals surface area (Å²) in [6.07, 6.45) is -4.31. The van der Waals surface area contributed by atoms with E-state index in [9.17, 15) is 20.1 Å². The molecule has 1 fully saturated rings. The highest BCUT2D eigenvalue weighted by atomic mass is 16.6. The average molecular weight is 220 g/mol. The normalized spacial score (nSPS) is 41.3. The van der Waals surface area contributed by atoms with Crippen LogP contribution in [0.15, 0.2) is 0 Å². The molecular formula is C9H16O6. The van der Waals surface area contributed by atoms with Crippen LogP contribution in [0.4, 0.5) is 0 Å². The minimum absolute atomic E-state index is 0.183. The number of hydrogen-bond acceptors (Lipinski definition) is 6. The summed E-state index contributed by atoms with van der Waals surface area (Å²) < 4.78 is 9.64. The average Bonchev–Trinajstić information content (AvgIpc) is 2.18. The number of ether oxygens (including phenoxy) is 2. The van der Waals surface area contributed by atoms with Crippen molar-refractivity contribution in [3.05, 3.63) is 0 Å². The minimum atomic E-state index is -1.16. The minimum Gasteiger partial charge on any atom is -0.463 e. The first-order valence-electron chi connectivity index (χ1n) is 4.76. The van der Waals surface area contributed by atoms with E-state index in [0.29, 0.717) is 0 Å². The third kappa shape index (κ3) is 2.88.